The third-order valence-electron chi connectivity index (χ3n) is 4.94. The van der Waals surface area contributed by atoms with E-state index in [0.29, 0.717) is 11.0 Å². The molecule has 0 aliphatic heterocycles. The molecule has 0 aliphatic rings. The van der Waals surface area contributed by atoms with E-state index in [-0.39, 0.29) is 0 Å². The Morgan fingerprint density at radius 1 is 1.09 bits per heavy atom. The Kier molecular flexibility index (Phi) is 7.57. The Balaban J connectivity index is 2.24. The second kappa shape index (κ2) is 8.69. The van der Waals surface area contributed by atoms with Crippen molar-refractivity contribution in [2.75, 3.05) is 6.61 Å². The van der Waals surface area contributed by atoms with E-state index in [4.69, 9.17) is 4.43 Å². The molecule has 1 aromatic carbocycles. The quantitative estimate of drug-likeness (QED) is 0.285. The lowest BCUT2D eigenvalue weighted by molar-refractivity contribution is 0.277. The van der Waals surface area contributed by atoms with E-state index in [1.165, 1.54) is 31.2 Å². The fourth-order valence-corrected chi connectivity index (χ4v) is 3.40. The van der Waals surface area contributed by atoms with Gasteiger partial charge in [-0.05, 0) is 36.5 Å². The zero-order chi connectivity index (χ0) is 16.6. The first-order valence-electron chi connectivity index (χ1n) is 8.59. The molecule has 1 nitrogen and oxygen atoms in total. The van der Waals surface area contributed by atoms with E-state index < -0.39 is 8.32 Å². The molecule has 0 radical (unpaired) electrons. The highest BCUT2D eigenvalue weighted by molar-refractivity contribution is 6.74. The number of rotatable bonds is 9. The summed E-state index contributed by atoms with van der Waals surface area (Å²) in [6, 6.07) is 10.7. The summed E-state index contributed by atoms with van der Waals surface area (Å²) >= 11 is 0. The van der Waals surface area contributed by atoms with Crippen molar-refractivity contribution in [3.63, 3.8) is 0 Å². The summed E-state index contributed by atoms with van der Waals surface area (Å²) in [5.41, 5.74) is 1.38. The van der Waals surface area contributed by atoms with E-state index in [1.54, 1.807) is 0 Å². The molecule has 124 valence electrons. The lowest BCUT2D eigenvalue weighted by atomic mass is 9.93. The summed E-state index contributed by atoms with van der Waals surface area (Å²) in [5.74, 6) is 0.488. The number of allylic oxidation sites excluding steroid dienone is 1. The standard InChI is InChI=1S/C20H34OSi/c1-7-18(19-15-10-8-11-16-19)14-12-9-13-17-21-22(5,6)20(2,3)4/h7-8,10-11,15-16,18H,1,9,12-14,17H2,2-6H3/t18-/m0/s1. The van der Waals surface area contributed by atoms with Crippen molar-refractivity contribution < 1.29 is 4.43 Å². The zero-order valence-corrected chi connectivity index (χ0v) is 16.2. The van der Waals surface area contributed by atoms with Gasteiger partial charge in [0.05, 0.1) is 0 Å². The maximum absolute atomic E-state index is 6.23. The summed E-state index contributed by atoms with van der Waals surface area (Å²) in [4.78, 5) is 0. The molecule has 1 rings (SSSR count). The molecular formula is C20H34OSi. The lowest BCUT2D eigenvalue weighted by Crippen LogP contribution is -2.40. The summed E-state index contributed by atoms with van der Waals surface area (Å²) in [5, 5.41) is 0.314. The minimum absolute atomic E-state index is 0.314. The van der Waals surface area contributed by atoms with Gasteiger partial charge in [-0.2, -0.15) is 0 Å². The van der Waals surface area contributed by atoms with Crippen molar-refractivity contribution in [1.82, 2.24) is 0 Å². The molecule has 0 aromatic heterocycles. The van der Waals surface area contributed by atoms with Crippen LogP contribution in [0.2, 0.25) is 18.1 Å². The van der Waals surface area contributed by atoms with Crippen molar-refractivity contribution >= 4 is 8.32 Å². The van der Waals surface area contributed by atoms with E-state index >= 15 is 0 Å². The van der Waals surface area contributed by atoms with Crippen molar-refractivity contribution in [2.45, 2.75) is 70.5 Å². The van der Waals surface area contributed by atoms with Crippen LogP contribution in [-0.4, -0.2) is 14.9 Å². The van der Waals surface area contributed by atoms with Gasteiger partial charge in [0.1, 0.15) is 0 Å². The normalized spacial score (nSPS) is 13.9. The van der Waals surface area contributed by atoms with E-state index in [0.717, 1.165) is 6.61 Å². The van der Waals surface area contributed by atoms with E-state index in [9.17, 15) is 0 Å². The second-order valence-corrected chi connectivity index (χ2v) is 12.5. The molecule has 0 unspecified atom stereocenters. The molecule has 0 amide bonds. The predicted molar refractivity (Wildman–Crippen MR) is 101 cm³/mol. The summed E-state index contributed by atoms with van der Waals surface area (Å²) in [6.45, 7) is 16.5. The Hall–Kier alpha value is -0.863. The molecule has 0 saturated carbocycles. The fraction of sp³-hybridized carbons (Fsp3) is 0.600. The van der Waals surface area contributed by atoms with Crippen LogP contribution in [0.1, 0.15) is 57.9 Å². The maximum Gasteiger partial charge on any atom is 0.191 e. The lowest BCUT2D eigenvalue weighted by Gasteiger charge is -2.36. The highest BCUT2D eigenvalue weighted by atomic mass is 28.4. The molecule has 1 atom stereocenters. The highest BCUT2D eigenvalue weighted by Crippen LogP contribution is 2.36. The van der Waals surface area contributed by atoms with Crippen LogP contribution >= 0.6 is 0 Å². The largest absolute Gasteiger partial charge is 0.417 e. The topological polar surface area (TPSA) is 9.23 Å². The molecule has 0 aliphatic carbocycles. The number of unbranched alkanes of at least 4 members (excludes halogenated alkanes) is 2. The van der Waals surface area contributed by atoms with E-state index in [1.807, 2.05) is 0 Å². The maximum atomic E-state index is 6.23. The van der Waals surface area contributed by atoms with Crippen molar-refractivity contribution in [1.29, 1.82) is 0 Å². The highest BCUT2D eigenvalue weighted by Gasteiger charge is 2.36. The van der Waals surface area contributed by atoms with Gasteiger partial charge in [-0.1, -0.05) is 70.0 Å². The molecule has 22 heavy (non-hydrogen) atoms. The summed E-state index contributed by atoms with van der Waals surface area (Å²) in [6.07, 6.45) is 6.93. The zero-order valence-electron chi connectivity index (χ0n) is 15.2. The Morgan fingerprint density at radius 2 is 1.73 bits per heavy atom. The van der Waals surface area contributed by atoms with Gasteiger partial charge in [0.15, 0.2) is 8.32 Å². The van der Waals surface area contributed by atoms with Gasteiger partial charge in [-0.25, -0.2) is 0 Å². The average molecular weight is 319 g/mol. The van der Waals surface area contributed by atoms with Crippen LogP contribution in [0.3, 0.4) is 0 Å². The Morgan fingerprint density at radius 3 is 2.27 bits per heavy atom. The molecule has 2 heteroatoms. The molecule has 0 saturated heterocycles. The Bertz CT molecular complexity index is 431. The van der Waals surface area contributed by atoms with Gasteiger partial charge >= 0.3 is 0 Å². The Labute approximate surface area is 138 Å². The smallest absolute Gasteiger partial charge is 0.191 e. The molecular weight excluding hydrogens is 284 g/mol. The number of hydrogen-bond donors (Lipinski definition) is 0. The van der Waals surface area contributed by atoms with E-state index in [2.05, 4.69) is 76.9 Å². The number of hydrogen-bond acceptors (Lipinski definition) is 1. The van der Waals surface area contributed by atoms with Crippen molar-refractivity contribution in [2.24, 2.45) is 0 Å². The third kappa shape index (κ3) is 6.10. The third-order valence-corrected chi connectivity index (χ3v) is 9.48. The van der Waals surface area contributed by atoms with Crippen LogP contribution in [0.4, 0.5) is 0 Å². The van der Waals surface area contributed by atoms with Crippen LogP contribution in [0.5, 0.6) is 0 Å². The van der Waals surface area contributed by atoms with Gasteiger partial charge in [0, 0.05) is 12.5 Å². The van der Waals surface area contributed by atoms with Gasteiger partial charge in [-0.3, -0.25) is 0 Å². The van der Waals surface area contributed by atoms with Crippen molar-refractivity contribution in [3.05, 3.63) is 48.6 Å². The minimum Gasteiger partial charge on any atom is -0.417 e. The second-order valence-electron chi connectivity index (χ2n) is 7.71. The monoisotopic (exact) mass is 318 g/mol. The molecule has 0 bridgehead atoms. The van der Waals surface area contributed by atoms with Gasteiger partial charge in [-0.15, -0.1) is 6.58 Å². The van der Waals surface area contributed by atoms with Gasteiger partial charge in [0.2, 0.25) is 0 Å². The van der Waals surface area contributed by atoms with Crippen LogP contribution in [-0.2, 0) is 4.43 Å². The molecule has 1 aromatic rings. The van der Waals surface area contributed by atoms with Crippen molar-refractivity contribution in [3.8, 4) is 0 Å². The first kappa shape index (κ1) is 19.2. The van der Waals surface area contributed by atoms with Gasteiger partial charge < -0.3 is 4.43 Å². The summed E-state index contributed by atoms with van der Waals surface area (Å²) < 4.78 is 6.23. The molecule has 0 fully saturated rings. The van der Waals surface area contributed by atoms with Crippen LogP contribution in [0.15, 0.2) is 43.0 Å². The van der Waals surface area contributed by atoms with Crippen LogP contribution in [0, 0.1) is 0 Å². The summed E-state index contributed by atoms with van der Waals surface area (Å²) in [7, 11) is -1.56. The minimum atomic E-state index is -1.56. The van der Waals surface area contributed by atoms with Crippen LogP contribution < -0.4 is 0 Å². The SMILES string of the molecule is C=C[C@@H](CCCCCO[Si](C)(C)C(C)(C)C)c1ccccc1. The first-order valence-corrected chi connectivity index (χ1v) is 11.5. The average Bonchev–Trinajstić information content (AvgIpc) is 2.46. The predicted octanol–water partition coefficient (Wildman–Crippen LogP) is 6.54. The van der Waals surface area contributed by atoms with Gasteiger partial charge in [0.25, 0.3) is 0 Å². The first-order chi connectivity index (χ1) is 10.3. The van der Waals surface area contributed by atoms with Crippen LogP contribution in [0.25, 0.3) is 0 Å². The molecule has 0 N–H and O–H groups in total. The fourth-order valence-electron chi connectivity index (χ4n) is 2.31. The number of benzene rings is 1. The molecule has 0 spiro atoms. The molecule has 0 heterocycles.